The third-order valence-corrected chi connectivity index (χ3v) is 5.15. The molecule has 2 aromatic rings. The van der Waals surface area contributed by atoms with Crippen LogP contribution in [0.5, 0.6) is 5.75 Å². The number of sulfonamides is 1. The smallest absolute Gasteiger partial charge is 0.252 e. The number of methoxy groups -OCH3 is 1. The molecule has 0 aliphatic heterocycles. The number of primary amides is 1. The van der Waals surface area contributed by atoms with Crippen LogP contribution in [0.15, 0.2) is 29.2 Å². The van der Waals surface area contributed by atoms with Crippen molar-refractivity contribution in [3.05, 3.63) is 41.2 Å². The van der Waals surface area contributed by atoms with Crippen LogP contribution in [0, 0.1) is 13.8 Å². The fraction of sp³-hybridized carbons (Fsp3) is 0.375. The van der Waals surface area contributed by atoms with Crippen LogP contribution in [0.2, 0.25) is 0 Å². The second-order valence-corrected chi connectivity index (χ2v) is 7.39. The molecule has 136 valence electrons. The third kappa shape index (κ3) is 4.58. The highest BCUT2D eigenvalue weighted by Gasteiger charge is 2.18. The lowest BCUT2D eigenvalue weighted by atomic mass is 10.2. The molecule has 1 aromatic heterocycles. The van der Waals surface area contributed by atoms with Gasteiger partial charge >= 0.3 is 0 Å². The van der Waals surface area contributed by atoms with Crippen molar-refractivity contribution in [3.8, 4) is 5.75 Å². The number of amides is 1. The first-order valence-electron chi connectivity index (χ1n) is 7.73. The number of rotatable bonds is 8. The zero-order valence-corrected chi connectivity index (χ0v) is 15.3. The highest BCUT2D eigenvalue weighted by Crippen LogP contribution is 2.21. The number of hydrogen-bond donors (Lipinski definition) is 2. The maximum Gasteiger partial charge on any atom is 0.252 e. The Bertz CT molecular complexity index is 874. The van der Waals surface area contributed by atoms with Crippen LogP contribution in [0.3, 0.4) is 0 Å². The van der Waals surface area contributed by atoms with Gasteiger partial charge < -0.3 is 10.5 Å². The number of nitrogens with one attached hydrogen (secondary N) is 1. The molecule has 0 atom stereocenters. The van der Waals surface area contributed by atoms with Gasteiger partial charge in [0, 0.05) is 18.8 Å². The van der Waals surface area contributed by atoms with E-state index in [1.165, 1.54) is 25.3 Å². The highest BCUT2D eigenvalue weighted by atomic mass is 32.2. The number of hydrogen-bond acceptors (Lipinski definition) is 5. The molecule has 0 unspecified atom stereocenters. The van der Waals surface area contributed by atoms with Gasteiger partial charge in [0.15, 0.2) is 0 Å². The Hall–Kier alpha value is -2.39. The monoisotopic (exact) mass is 366 g/mol. The van der Waals surface area contributed by atoms with E-state index in [0.717, 1.165) is 11.4 Å². The summed E-state index contributed by atoms with van der Waals surface area (Å²) in [4.78, 5) is 11.4. The standard InChI is InChI=1S/C16H22N4O4S/c1-11-9-12(2)20(19-11)8-4-7-18-25(22,23)13-5-6-15(24-3)14(10-13)16(17)21/h5-6,9-10,18H,4,7-8H2,1-3H3,(H2,17,21). The lowest BCUT2D eigenvalue weighted by Gasteiger charge is -2.10. The third-order valence-electron chi connectivity index (χ3n) is 3.69. The van der Waals surface area contributed by atoms with Crippen LogP contribution >= 0.6 is 0 Å². The van der Waals surface area contributed by atoms with E-state index in [4.69, 9.17) is 10.5 Å². The average Bonchev–Trinajstić information content (AvgIpc) is 2.88. The lowest BCUT2D eigenvalue weighted by Crippen LogP contribution is -2.26. The molecular formula is C16H22N4O4S. The number of ether oxygens (including phenoxy) is 1. The van der Waals surface area contributed by atoms with Gasteiger partial charge in [-0.3, -0.25) is 9.48 Å². The van der Waals surface area contributed by atoms with Crippen molar-refractivity contribution in [2.45, 2.75) is 31.7 Å². The zero-order valence-electron chi connectivity index (χ0n) is 14.4. The normalized spacial score (nSPS) is 11.5. The molecule has 9 heteroatoms. The molecule has 1 amide bonds. The summed E-state index contributed by atoms with van der Waals surface area (Å²) in [6, 6.07) is 5.95. The van der Waals surface area contributed by atoms with Crippen molar-refractivity contribution in [1.29, 1.82) is 0 Å². The predicted molar refractivity (Wildman–Crippen MR) is 93.0 cm³/mol. The Labute approximate surface area is 147 Å². The van der Waals surface area contributed by atoms with Crippen LogP contribution in [-0.2, 0) is 16.6 Å². The molecule has 3 N–H and O–H groups in total. The summed E-state index contributed by atoms with van der Waals surface area (Å²) >= 11 is 0. The molecule has 2 rings (SSSR count). The SMILES string of the molecule is COc1ccc(S(=O)(=O)NCCCn2nc(C)cc2C)cc1C(N)=O. The fourth-order valence-electron chi connectivity index (χ4n) is 2.47. The summed E-state index contributed by atoms with van der Waals surface area (Å²) in [6.45, 7) is 4.72. The van der Waals surface area contributed by atoms with Crippen LogP contribution in [0.1, 0.15) is 28.2 Å². The van der Waals surface area contributed by atoms with Gasteiger partial charge in [-0.25, -0.2) is 13.1 Å². The number of aromatic nitrogens is 2. The van der Waals surface area contributed by atoms with Gasteiger partial charge in [-0.2, -0.15) is 5.10 Å². The van der Waals surface area contributed by atoms with E-state index in [2.05, 4.69) is 9.82 Å². The van der Waals surface area contributed by atoms with Crippen molar-refractivity contribution in [3.63, 3.8) is 0 Å². The summed E-state index contributed by atoms with van der Waals surface area (Å²) < 4.78 is 34.1. The number of aryl methyl sites for hydroxylation is 3. The van der Waals surface area contributed by atoms with Gasteiger partial charge in [-0.1, -0.05) is 0 Å². The Balaban J connectivity index is 2.03. The molecule has 0 aliphatic rings. The Morgan fingerprint density at radius 2 is 2.04 bits per heavy atom. The second-order valence-electron chi connectivity index (χ2n) is 5.63. The summed E-state index contributed by atoms with van der Waals surface area (Å²) in [5.41, 5.74) is 7.24. The maximum atomic E-state index is 12.4. The van der Waals surface area contributed by atoms with Crippen LogP contribution in [0.4, 0.5) is 0 Å². The van der Waals surface area contributed by atoms with E-state index >= 15 is 0 Å². The molecular weight excluding hydrogens is 344 g/mol. The largest absolute Gasteiger partial charge is 0.496 e. The molecule has 1 heterocycles. The molecule has 0 radical (unpaired) electrons. The van der Waals surface area contributed by atoms with Crippen LogP contribution < -0.4 is 15.2 Å². The van der Waals surface area contributed by atoms with Crippen molar-refractivity contribution in [2.24, 2.45) is 5.73 Å². The quantitative estimate of drug-likeness (QED) is 0.676. The molecule has 0 aliphatic carbocycles. The van der Waals surface area contributed by atoms with Gasteiger partial charge in [-0.05, 0) is 44.5 Å². The Kier molecular flexibility index (Phi) is 5.81. The first-order valence-corrected chi connectivity index (χ1v) is 9.21. The second kappa shape index (κ2) is 7.66. The van der Waals surface area contributed by atoms with E-state index in [9.17, 15) is 13.2 Å². The van der Waals surface area contributed by atoms with Crippen LogP contribution in [0.25, 0.3) is 0 Å². The molecule has 0 spiro atoms. The van der Waals surface area contributed by atoms with E-state index < -0.39 is 15.9 Å². The van der Waals surface area contributed by atoms with Gasteiger partial charge in [0.05, 0.1) is 23.3 Å². The molecule has 1 aromatic carbocycles. The summed E-state index contributed by atoms with van der Waals surface area (Å²) in [5, 5.41) is 4.33. The Morgan fingerprint density at radius 3 is 2.60 bits per heavy atom. The molecule has 0 fully saturated rings. The number of benzene rings is 1. The topological polar surface area (TPSA) is 116 Å². The number of nitrogens with two attached hydrogens (primary N) is 1. The Morgan fingerprint density at radius 1 is 1.32 bits per heavy atom. The van der Waals surface area contributed by atoms with E-state index in [1.807, 2.05) is 24.6 Å². The minimum Gasteiger partial charge on any atom is -0.496 e. The number of carbonyl (C=O) groups is 1. The molecule has 25 heavy (non-hydrogen) atoms. The van der Waals surface area contributed by atoms with Gasteiger partial charge in [0.25, 0.3) is 5.91 Å². The van der Waals surface area contributed by atoms with E-state index in [1.54, 1.807) is 0 Å². The van der Waals surface area contributed by atoms with Gasteiger partial charge in [-0.15, -0.1) is 0 Å². The zero-order chi connectivity index (χ0) is 18.6. The van der Waals surface area contributed by atoms with Gasteiger partial charge in [0.1, 0.15) is 5.75 Å². The molecule has 0 bridgehead atoms. The van der Waals surface area contributed by atoms with Crippen LogP contribution in [-0.4, -0.2) is 37.8 Å². The van der Waals surface area contributed by atoms with Crippen molar-refractivity contribution >= 4 is 15.9 Å². The fourth-order valence-corrected chi connectivity index (χ4v) is 3.57. The van der Waals surface area contributed by atoms with E-state index in [-0.39, 0.29) is 22.8 Å². The van der Waals surface area contributed by atoms with Gasteiger partial charge in [0.2, 0.25) is 10.0 Å². The summed E-state index contributed by atoms with van der Waals surface area (Å²) in [7, 11) is -2.36. The average molecular weight is 366 g/mol. The number of carbonyl (C=O) groups excluding carboxylic acids is 1. The first kappa shape index (κ1) is 18.9. The van der Waals surface area contributed by atoms with Crippen molar-refractivity contribution < 1.29 is 17.9 Å². The minimum absolute atomic E-state index is 0.0213. The molecule has 8 nitrogen and oxygen atoms in total. The number of nitrogens with zero attached hydrogens (tertiary/aromatic N) is 2. The predicted octanol–water partition coefficient (Wildman–Crippen LogP) is 0.976. The first-order chi connectivity index (χ1) is 11.7. The molecule has 0 saturated heterocycles. The summed E-state index contributed by atoms with van der Waals surface area (Å²) in [6.07, 6.45) is 0.583. The maximum absolute atomic E-state index is 12.4. The van der Waals surface area contributed by atoms with E-state index in [0.29, 0.717) is 13.0 Å². The molecule has 0 saturated carbocycles. The minimum atomic E-state index is -3.74. The van der Waals surface area contributed by atoms with Crippen molar-refractivity contribution in [2.75, 3.05) is 13.7 Å². The highest BCUT2D eigenvalue weighted by molar-refractivity contribution is 7.89. The summed E-state index contributed by atoms with van der Waals surface area (Å²) in [5.74, 6) is -0.519. The van der Waals surface area contributed by atoms with Crippen molar-refractivity contribution in [1.82, 2.24) is 14.5 Å². The lowest BCUT2D eigenvalue weighted by molar-refractivity contribution is 0.0997.